The van der Waals surface area contributed by atoms with E-state index in [0.29, 0.717) is 24.3 Å². The van der Waals surface area contributed by atoms with E-state index in [-0.39, 0.29) is 11.9 Å². The maximum atomic E-state index is 11.8. The van der Waals surface area contributed by atoms with Gasteiger partial charge in [-0.15, -0.1) is 17.9 Å². The molecule has 0 saturated heterocycles. The lowest BCUT2D eigenvalue weighted by molar-refractivity contribution is 0.0958. The number of hydrogen-bond donors (Lipinski definition) is 3. The van der Waals surface area contributed by atoms with Crippen molar-refractivity contribution in [1.82, 2.24) is 10.6 Å². The lowest BCUT2D eigenvalue weighted by Crippen LogP contribution is -2.28. The van der Waals surface area contributed by atoms with Crippen molar-refractivity contribution >= 4 is 29.0 Å². The molecule has 22 heavy (non-hydrogen) atoms. The van der Waals surface area contributed by atoms with E-state index >= 15 is 0 Å². The number of hydrogen-bond acceptors (Lipinski definition) is 3. The van der Waals surface area contributed by atoms with Gasteiger partial charge in [0.25, 0.3) is 5.91 Å². The first kappa shape index (κ1) is 15.8. The molecular formula is C16H17N3O2S. The molecule has 5 nitrogen and oxygen atoms in total. The molecular weight excluding hydrogens is 298 g/mol. The SMILES string of the molecule is C=CCNC(=O)c1ccc(NC(=O)NCc2cccs2)cc1. The molecule has 3 N–H and O–H groups in total. The van der Waals surface area contributed by atoms with Gasteiger partial charge in [0.2, 0.25) is 0 Å². The third-order valence-electron chi connectivity index (χ3n) is 2.82. The average molecular weight is 315 g/mol. The van der Waals surface area contributed by atoms with Crippen molar-refractivity contribution in [1.29, 1.82) is 0 Å². The van der Waals surface area contributed by atoms with Crippen LogP contribution in [0.4, 0.5) is 10.5 Å². The third-order valence-corrected chi connectivity index (χ3v) is 3.69. The van der Waals surface area contributed by atoms with Crippen LogP contribution < -0.4 is 16.0 Å². The zero-order chi connectivity index (χ0) is 15.8. The molecule has 0 atom stereocenters. The van der Waals surface area contributed by atoms with Gasteiger partial charge in [-0.1, -0.05) is 12.1 Å². The molecule has 114 valence electrons. The molecule has 2 aromatic rings. The highest BCUT2D eigenvalue weighted by Crippen LogP contribution is 2.10. The van der Waals surface area contributed by atoms with Crippen molar-refractivity contribution in [3.8, 4) is 0 Å². The Morgan fingerprint density at radius 2 is 1.91 bits per heavy atom. The van der Waals surface area contributed by atoms with Gasteiger partial charge >= 0.3 is 6.03 Å². The third kappa shape index (κ3) is 4.75. The summed E-state index contributed by atoms with van der Waals surface area (Å²) >= 11 is 1.59. The second-order valence-electron chi connectivity index (χ2n) is 4.46. The number of carbonyl (C=O) groups is 2. The summed E-state index contributed by atoms with van der Waals surface area (Å²) in [6.07, 6.45) is 1.62. The molecule has 0 saturated carbocycles. The highest BCUT2D eigenvalue weighted by atomic mass is 32.1. The molecule has 3 amide bonds. The van der Waals surface area contributed by atoms with Gasteiger partial charge in [0.1, 0.15) is 0 Å². The number of carbonyl (C=O) groups excluding carboxylic acids is 2. The molecule has 2 rings (SSSR count). The monoisotopic (exact) mass is 315 g/mol. The van der Waals surface area contributed by atoms with Gasteiger partial charge in [0.05, 0.1) is 6.54 Å². The van der Waals surface area contributed by atoms with E-state index in [2.05, 4.69) is 22.5 Å². The van der Waals surface area contributed by atoms with Gasteiger partial charge in [-0.3, -0.25) is 4.79 Å². The van der Waals surface area contributed by atoms with Crippen molar-refractivity contribution in [2.75, 3.05) is 11.9 Å². The van der Waals surface area contributed by atoms with Crippen LogP contribution in [0.2, 0.25) is 0 Å². The molecule has 1 aromatic heterocycles. The quantitative estimate of drug-likeness (QED) is 0.717. The van der Waals surface area contributed by atoms with Crippen LogP contribution in [0.3, 0.4) is 0 Å². The van der Waals surface area contributed by atoms with E-state index in [1.807, 2.05) is 17.5 Å². The van der Waals surface area contributed by atoms with E-state index in [4.69, 9.17) is 0 Å². The zero-order valence-electron chi connectivity index (χ0n) is 12.0. The summed E-state index contributed by atoms with van der Waals surface area (Å²) in [6, 6.07) is 10.3. The normalized spacial score (nSPS) is 9.82. The Morgan fingerprint density at radius 3 is 2.55 bits per heavy atom. The average Bonchev–Trinajstić information content (AvgIpc) is 3.05. The van der Waals surface area contributed by atoms with Gasteiger partial charge in [-0.25, -0.2) is 4.79 Å². The summed E-state index contributed by atoms with van der Waals surface area (Å²) in [5.41, 5.74) is 1.16. The van der Waals surface area contributed by atoms with Crippen LogP contribution in [-0.2, 0) is 6.54 Å². The molecule has 0 spiro atoms. The number of thiophene rings is 1. The van der Waals surface area contributed by atoms with Gasteiger partial charge in [-0.2, -0.15) is 0 Å². The van der Waals surface area contributed by atoms with E-state index in [1.54, 1.807) is 41.7 Å². The van der Waals surface area contributed by atoms with Crippen LogP contribution in [0.15, 0.2) is 54.4 Å². The lowest BCUT2D eigenvalue weighted by atomic mass is 10.2. The first-order valence-electron chi connectivity index (χ1n) is 6.75. The molecule has 1 heterocycles. The van der Waals surface area contributed by atoms with Crippen LogP contribution >= 0.6 is 11.3 Å². The molecule has 6 heteroatoms. The number of amides is 3. The fraction of sp³-hybridized carbons (Fsp3) is 0.125. The fourth-order valence-electron chi connectivity index (χ4n) is 1.73. The Hall–Kier alpha value is -2.60. The number of anilines is 1. The van der Waals surface area contributed by atoms with Gasteiger partial charge in [0.15, 0.2) is 0 Å². The standard InChI is InChI=1S/C16H17N3O2S/c1-2-9-17-15(20)12-5-7-13(8-6-12)19-16(21)18-11-14-4-3-10-22-14/h2-8,10H,1,9,11H2,(H,17,20)(H2,18,19,21). The Kier molecular flexibility index (Phi) is 5.73. The lowest BCUT2D eigenvalue weighted by Gasteiger charge is -2.08. The minimum absolute atomic E-state index is 0.173. The van der Waals surface area contributed by atoms with Crippen LogP contribution in [-0.4, -0.2) is 18.5 Å². The maximum Gasteiger partial charge on any atom is 0.319 e. The van der Waals surface area contributed by atoms with Crippen LogP contribution in [0.1, 0.15) is 15.2 Å². The minimum atomic E-state index is -0.280. The largest absolute Gasteiger partial charge is 0.349 e. The van der Waals surface area contributed by atoms with Crippen molar-refractivity contribution in [2.45, 2.75) is 6.54 Å². The Balaban J connectivity index is 1.83. The van der Waals surface area contributed by atoms with Gasteiger partial charge < -0.3 is 16.0 Å². The first-order valence-corrected chi connectivity index (χ1v) is 7.63. The van der Waals surface area contributed by atoms with Crippen molar-refractivity contribution in [3.05, 3.63) is 64.9 Å². The summed E-state index contributed by atoms with van der Waals surface area (Å²) in [7, 11) is 0. The maximum absolute atomic E-state index is 11.8. The highest BCUT2D eigenvalue weighted by molar-refractivity contribution is 7.09. The number of urea groups is 1. The molecule has 1 aromatic carbocycles. The molecule has 0 aliphatic heterocycles. The fourth-order valence-corrected chi connectivity index (χ4v) is 2.37. The van der Waals surface area contributed by atoms with Crippen molar-refractivity contribution in [2.24, 2.45) is 0 Å². The predicted octanol–water partition coefficient (Wildman–Crippen LogP) is 2.99. The number of benzene rings is 1. The molecule has 0 bridgehead atoms. The molecule has 0 aliphatic rings. The van der Waals surface area contributed by atoms with E-state index in [9.17, 15) is 9.59 Å². The summed E-state index contributed by atoms with van der Waals surface area (Å²) < 4.78 is 0. The Morgan fingerprint density at radius 1 is 1.14 bits per heavy atom. The molecule has 0 fully saturated rings. The Labute approximate surface area is 133 Å². The van der Waals surface area contributed by atoms with Crippen LogP contribution in [0.25, 0.3) is 0 Å². The summed E-state index contributed by atoms with van der Waals surface area (Å²) in [5, 5.41) is 10.1. The number of nitrogens with one attached hydrogen (secondary N) is 3. The summed E-state index contributed by atoms with van der Waals surface area (Å²) in [5.74, 6) is -0.173. The smallest absolute Gasteiger partial charge is 0.319 e. The zero-order valence-corrected chi connectivity index (χ0v) is 12.8. The Bertz CT molecular complexity index is 636. The molecule has 0 radical (unpaired) electrons. The minimum Gasteiger partial charge on any atom is -0.349 e. The van der Waals surface area contributed by atoms with Crippen LogP contribution in [0.5, 0.6) is 0 Å². The van der Waals surface area contributed by atoms with E-state index in [0.717, 1.165) is 4.88 Å². The van der Waals surface area contributed by atoms with Crippen molar-refractivity contribution in [3.63, 3.8) is 0 Å². The van der Waals surface area contributed by atoms with Gasteiger partial charge in [-0.05, 0) is 35.7 Å². The summed E-state index contributed by atoms with van der Waals surface area (Å²) in [6.45, 7) is 4.45. The highest BCUT2D eigenvalue weighted by Gasteiger charge is 2.05. The van der Waals surface area contributed by atoms with Crippen molar-refractivity contribution < 1.29 is 9.59 Å². The summed E-state index contributed by atoms with van der Waals surface area (Å²) in [4.78, 5) is 24.6. The number of rotatable bonds is 6. The topological polar surface area (TPSA) is 70.2 Å². The van der Waals surface area contributed by atoms with Gasteiger partial charge in [0, 0.05) is 22.7 Å². The van der Waals surface area contributed by atoms with E-state index < -0.39 is 0 Å². The second kappa shape index (κ2) is 7.99. The molecule has 0 unspecified atom stereocenters. The van der Waals surface area contributed by atoms with Crippen LogP contribution in [0, 0.1) is 0 Å². The second-order valence-corrected chi connectivity index (χ2v) is 5.50. The van der Waals surface area contributed by atoms with E-state index in [1.165, 1.54) is 0 Å². The predicted molar refractivity (Wildman–Crippen MR) is 89.1 cm³/mol. The molecule has 0 aliphatic carbocycles. The first-order chi connectivity index (χ1) is 10.7.